The lowest BCUT2D eigenvalue weighted by Gasteiger charge is -2.07. The summed E-state index contributed by atoms with van der Waals surface area (Å²) in [5.41, 5.74) is 0.801. The Hall–Kier alpha value is -1.70. The van der Waals surface area contributed by atoms with Crippen LogP contribution >= 0.6 is 0 Å². The first-order valence-corrected chi connectivity index (χ1v) is 3.97. The first-order chi connectivity index (χ1) is 6.20. The van der Waals surface area contributed by atoms with Gasteiger partial charge in [-0.1, -0.05) is 24.8 Å². The highest BCUT2D eigenvalue weighted by atomic mass is 16.1. The number of hydrogen-bond acceptors (Lipinski definition) is 2. The van der Waals surface area contributed by atoms with Gasteiger partial charge in [-0.3, -0.25) is 9.59 Å². The number of rotatable bonds is 2. The number of carbonyl (C=O) groups is 2. The Morgan fingerprint density at radius 3 is 2.15 bits per heavy atom. The zero-order valence-corrected chi connectivity index (χ0v) is 7.41. The monoisotopic (exact) mass is 174 g/mol. The molecule has 0 amide bonds. The van der Waals surface area contributed by atoms with E-state index >= 15 is 0 Å². The molecule has 1 aliphatic carbocycles. The summed E-state index contributed by atoms with van der Waals surface area (Å²) in [6.45, 7) is 5.30. The van der Waals surface area contributed by atoms with Gasteiger partial charge >= 0.3 is 0 Å². The lowest BCUT2D eigenvalue weighted by molar-refractivity contribution is -0.114. The van der Waals surface area contributed by atoms with Crippen LogP contribution in [0, 0.1) is 0 Å². The van der Waals surface area contributed by atoms with Crippen molar-refractivity contribution in [1.29, 1.82) is 0 Å². The molecule has 2 nitrogen and oxygen atoms in total. The largest absolute Gasteiger partial charge is 0.289 e. The molecule has 0 bridgehead atoms. The van der Waals surface area contributed by atoms with Crippen molar-refractivity contribution in [3.05, 3.63) is 48.1 Å². The summed E-state index contributed by atoms with van der Waals surface area (Å²) in [5, 5.41) is 0. The molecule has 0 radical (unpaired) electrons. The smallest absolute Gasteiger partial charge is 0.186 e. The van der Waals surface area contributed by atoms with E-state index in [1.807, 2.05) is 0 Å². The van der Waals surface area contributed by atoms with Gasteiger partial charge in [0.2, 0.25) is 0 Å². The third-order valence-corrected chi connectivity index (χ3v) is 1.74. The summed E-state index contributed by atoms with van der Waals surface area (Å²) in [7, 11) is 0. The molecule has 0 aromatic heterocycles. The van der Waals surface area contributed by atoms with Gasteiger partial charge in [0.1, 0.15) is 0 Å². The minimum atomic E-state index is -0.164. The number of carbonyl (C=O) groups excluding carboxylic acids is 2. The van der Waals surface area contributed by atoms with Gasteiger partial charge in [0.05, 0.1) is 0 Å². The average molecular weight is 174 g/mol. The molecule has 0 saturated heterocycles. The summed E-state index contributed by atoms with van der Waals surface area (Å²) >= 11 is 0. The Bertz CT molecular complexity index is 354. The molecule has 0 aromatic rings. The molecule has 66 valence electrons. The predicted octanol–water partition coefficient (Wildman–Crippen LogP) is 1.75. The zero-order chi connectivity index (χ0) is 9.84. The van der Waals surface area contributed by atoms with Crippen molar-refractivity contribution in [2.75, 3.05) is 0 Å². The Balaban J connectivity index is 3.26. The van der Waals surface area contributed by atoms with Crippen LogP contribution in [0.15, 0.2) is 48.1 Å². The molecule has 0 fully saturated rings. The van der Waals surface area contributed by atoms with Crippen molar-refractivity contribution in [2.24, 2.45) is 0 Å². The molecule has 1 rings (SSSR count). The van der Waals surface area contributed by atoms with E-state index in [-0.39, 0.29) is 11.6 Å². The lowest BCUT2D eigenvalue weighted by Crippen LogP contribution is -2.11. The molecule has 1 aliphatic rings. The van der Waals surface area contributed by atoms with Gasteiger partial charge in [0.25, 0.3) is 0 Å². The summed E-state index contributed by atoms with van der Waals surface area (Å²) in [6.07, 6.45) is 7.32. The third kappa shape index (κ3) is 1.72. The minimum absolute atomic E-state index is 0.146. The highest BCUT2D eigenvalue weighted by molar-refractivity contribution is 6.22. The SMILES string of the molecule is C=CC1=C(C=CC)C(=O)C=CC1=O. The van der Waals surface area contributed by atoms with Crippen LogP contribution in [0.4, 0.5) is 0 Å². The van der Waals surface area contributed by atoms with E-state index in [9.17, 15) is 9.59 Å². The summed E-state index contributed by atoms with van der Waals surface area (Å²) in [4.78, 5) is 22.6. The van der Waals surface area contributed by atoms with Gasteiger partial charge in [-0.05, 0) is 19.1 Å². The standard InChI is InChI=1S/C11H10O2/c1-3-5-9-8(4-2)10(12)6-7-11(9)13/h3-7H,2H2,1H3. The van der Waals surface area contributed by atoms with Crippen molar-refractivity contribution in [2.45, 2.75) is 6.92 Å². The van der Waals surface area contributed by atoms with Crippen LogP contribution in [0.5, 0.6) is 0 Å². The van der Waals surface area contributed by atoms with Gasteiger partial charge < -0.3 is 0 Å². The molecule has 0 unspecified atom stereocenters. The zero-order valence-electron chi connectivity index (χ0n) is 7.41. The molecule has 0 aromatic carbocycles. The summed E-state index contributed by atoms with van der Waals surface area (Å²) in [6, 6.07) is 0. The van der Waals surface area contributed by atoms with Crippen molar-refractivity contribution < 1.29 is 9.59 Å². The highest BCUT2D eigenvalue weighted by Crippen LogP contribution is 2.16. The molecule has 0 aliphatic heterocycles. The van der Waals surface area contributed by atoms with Crippen LogP contribution in [0.2, 0.25) is 0 Å². The molecular formula is C11H10O2. The fourth-order valence-corrected chi connectivity index (χ4v) is 1.15. The second-order valence-electron chi connectivity index (χ2n) is 2.59. The summed E-state index contributed by atoms with van der Waals surface area (Å²) < 4.78 is 0. The molecule has 0 atom stereocenters. The third-order valence-electron chi connectivity index (χ3n) is 1.74. The fourth-order valence-electron chi connectivity index (χ4n) is 1.15. The van der Waals surface area contributed by atoms with Crippen LogP contribution in [0.25, 0.3) is 0 Å². The second kappa shape index (κ2) is 3.81. The van der Waals surface area contributed by atoms with Crippen LogP contribution in [0.3, 0.4) is 0 Å². The maximum Gasteiger partial charge on any atom is 0.186 e. The van der Waals surface area contributed by atoms with Crippen molar-refractivity contribution in [3.63, 3.8) is 0 Å². The number of ketones is 2. The topological polar surface area (TPSA) is 34.1 Å². The summed E-state index contributed by atoms with van der Waals surface area (Å²) in [5.74, 6) is -0.310. The van der Waals surface area contributed by atoms with E-state index in [4.69, 9.17) is 0 Å². The van der Waals surface area contributed by atoms with Gasteiger partial charge in [0.15, 0.2) is 11.6 Å². The van der Waals surface area contributed by atoms with E-state index in [1.165, 1.54) is 18.2 Å². The Kier molecular flexibility index (Phi) is 2.75. The van der Waals surface area contributed by atoms with E-state index in [0.717, 1.165) is 0 Å². The molecule has 2 heteroatoms. The minimum Gasteiger partial charge on any atom is -0.289 e. The van der Waals surface area contributed by atoms with E-state index in [1.54, 1.807) is 19.1 Å². The average Bonchev–Trinajstić information content (AvgIpc) is 2.12. The van der Waals surface area contributed by atoms with Crippen molar-refractivity contribution in [3.8, 4) is 0 Å². The first-order valence-electron chi connectivity index (χ1n) is 3.97. The Morgan fingerprint density at radius 1 is 1.15 bits per heavy atom. The molecule has 0 saturated carbocycles. The van der Waals surface area contributed by atoms with E-state index in [0.29, 0.717) is 11.1 Å². The van der Waals surface area contributed by atoms with Gasteiger partial charge in [-0.25, -0.2) is 0 Å². The van der Waals surface area contributed by atoms with Gasteiger partial charge in [-0.2, -0.15) is 0 Å². The molecule has 13 heavy (non-hydrogen) atoms. The molecular weight excluding hydrogens is 164 g/mol. The molecule has 0 spiro atoms. The maximum atomic E-state index is 11.3. The van der Waals surface area contributed by atoms with Crippen LogP contribution < -0.4 is 0 Å². The van der Waals surface area contributed by atoms with Crippen LogP contribution in [-0.4, -0.2) is 11.6 Å². The molecule has 0 heterocycles. The number of hydrogen-bond donors (Lipinski definition) is 0. The quantitative estimate of drug-likeness (QED) is 0.598. The normalized spacial score (nSPS) is 17.3. The van der Waals surface area contributed by atoms with Crippen molar-refractivity contribution in [1.82, 2.24) is 0 Å². The van der Waals surface area contributed by atoms with Crippen LogP contribution in [0.1, 0.15) is 6.92 Å². The Labute approximate surface area is 76.9 Å². The highest BCUT2D eigenvalue weighted by Gasteiger charge is 2.17. The maximum absolute atomic E-state index is 11.3. The van der Waals surface area contributed by atoms with Gasteiger partial charge in [-0.15, -0.1) is 0 Å². The predicted molar refractivity (Wildman–Crippen MR) is 51.2 cm³/mol. The van der Waals surface area contributed by atoms with E-state index in [2.05, 4.69) is 6.58 Å². The van der Waals surface area contributed by atoms with E-state index < -0.39 is 0 Å². The fraction of sp³-hybridized carbons (Fsp3) is 0.0909. The lowest BCUT2D eigenvalue weighted by atomic mass is 9.95. The number of allylic oxidation sites excluding steroid dienone is 7. The second-order valence-corrected chi connectivity index (χ2v) is 2.59. The Morgan fingerprint density at radius 2 is 1.69 bits per heavy atom. The first kappa shape index (κ1) is 9.39. The van der Waals surface area contributed by atoms with Gasteiger partial charge in [0, 0.05) is 11.1 Å². The molecule has 0 N–H and O–H groups in total. The van der Waals surface area contributed by atoms with Crippen LogP contribution in [-0.2, 0) is 9.59 Å². The van der Waals surface area contributed by atoms with Crippen molar-refractivity contribution >= 4 is 11.6 Å².